The Kier molecular flexibility index (Phi) is 6.20. The molecule has 0 saturated carbocycles. The number of hydrogen-bond donors (Lipinski definition) is 2. The van der Waals surface area contributed by atoms with E-state index in [1.807, 2.05) is 11.6 Å². The molecule has 1 aromatic rings. The van der Waals surface area contributed by atoms with Crippen LogP contribution >= 0.6 is 0 Å². The molecule has 5 heteroatoms. The summed E-state index contributed by atoms with van der Waals surface area (Å²) < 4.78 is 1.98. The monoisotopic (exact) mass is 281 g/mol. The molecule has 5 nitrogen and oxygen atoms in total. The molecule has 2 N–H and O–H groups in total. The zero-order valence-electron chi connectivity index (χ0n) is 13.2. The summed E-state index contributed by atoms with van der Waals surface area (Å²) in [4.78, 5) is 11.2. The third-order valence-electron chi connectivity index (χ3n) is 3.63. The van der Waals surface area contributed by atoms with Crippen molar-refractivity contribution >= 4 is 5.97 Å². The molecule has 0 bridgehead atoms. The minimum absolute atomic E-state index is 0.322. The van der Waals surface area contributed by atoms with E-state index < -0.39 is 5.97 Å². The maximum atomic E-state index is 11.2. The van der Waals surface area contributed by atoms with Gasteiger partial charge in [-0.2, -0.15) is 5.10 Å². The quantitative estimate of drug-likeness (QED) is 0.767. The molecule has 1 heterocycles. The summed E-state index contributed by atoms with van der Waals surface area (Å²) in [6.45, 7) is 12.3. The Balaban J connectivity index is 2.59. The van der Waals surface area contributed by atoms with Gasteiger partial charge in [0, 0.05) is 30.9 Å². The molecule has 0 saturated heterocycles. The molecule has 0 aliphatic rings. The summed E-state index contributed by atoms with van der Waals surface area (Å²) in [5, 5.41) is 17.0. The van der Waals surface area contributed by atoms with E-state index in [4.69, 9.17) is 0 Å². The van der Waals surface area contributed by atoms with Gasteiger partial charge in [0.05, 0.1) is 11.6 Å². The minimum atomic E-state index is -0.719. The van der Waals surface area contributed by atoms with Crippen molar-refractivity contribution in [2.75, 3.05) is 6.54 Å². The van der Waals surface area contributed by atoms with Crippen molar-refractivity contribution in [3.8, 4) is 0 Å². The summed E-state index contributed by atoms with van der Waals surface area (Å²) >= 11 is 0. The number of nitrogens with one attached hydrogen (secondary N) is 1. The molecule has 0 aliphatic heterocycles. The zero-order valence-corrected chi connectivity index (χ0v) is 13.2. The Morgan fingerprint density at radius 2 is 2.05 bits per heavy atom. The Morgan fingerprint density at radius 1 is 1.40 bits per heavy atom. The van der Waals surface area contributed by atoms with E-state index in [0.717, 1.165) is 17.9 Å². The summed E-state index contributed by atoms with van der Waals surface area (Å²) in [5.41, 5.74) is 3.36. The van der Waals surface area contributed by atoms with Gasteiger partial charge in [0.25, 0.3) is 0 Å². The highest BCUT2D eigenvalue weighted by Crippen LogP contribution is 2.14. The fourth-order valence-corrected chi connectivity index (χ4v) is 2.51. The lowest BCUT2D eigenvalue weighted by atomic mass is 9.97. The van der Waals surface area contributed by atoms with Crippen molar-refractivity contribution in [3.05, 3.63) is 17.0 Å². The van der Waals surface area contributed by atoms with E-state index in [1.165, 1.54) is 5.56 Å². The second-order valence-corrected chi connectivity index (χ2v) is 5.76. The van der Waals surface area contributed by atoms with Crippen LogP contribution < -0.4 is 5.32 Å². The summed E-state index contributed by atoms with van der Waals surface area (Å²) in [7, 11) is 0. The second kappa shape index (κ2) is 7.43. The molecule has 1 atom stereocenters. The molecule has 114 valence electrons. The van der Waals surface area contributed by atoms with Crippen molar-refractivity contribution in [1.82, 2.24) is 15.1 Å². The zero-order chi connectivity index (χ0) is 15.3. The van der Waals surface area contributed by atoms with Crippen LogP contribution in [0.4, 0.5) is 0 Å². The number of carboxylic acid groups (broad SMARTS) is 1. The fourth-order valence-electron chi connectivity index (χ4n) is 2.51. The van der Waals surface area contributed by atoms with Gasteiger partial charge >= 0.3 is 5.97 Å². The van der Waals surface area contributed by atoms with Crippen LogP contribution in [0.5, 0.6) is 0 Å². The molecule has 20 heavy (non-hydrogen) atoms. The van der Waals surface area contributed by atoms with Crippen LogP contribution in [-0.2, 0) is 17.9 Å². The number of aliphatic carboxylic acids is 1. The molecule has 0 fully saturated rings. The van der Waals surface area contributed by atoms with Gasteiger partial charge in [-0.05, 0) is 33.1 Å². The first-order valence-corrected chi connectivity index (χ1v) is 7.33. The fraction of sp³-hybridized carbons (Fsp3) is 0.733. The molecular formula is C15H27N3O2. The lowest BCUT2D eigenvalue weighted by Crippen LogP contribution is -2.29. The van der Waals surface area contributed by atoms with Crippen molar-refractivity contribution in [2.45, 2.75) is 54.1 Å². The molecule has 0 amide bonds. The van der Waals surface area contributed by atoms with Gasteiger partial charge in [0.1, 0.15) is 0 Å². The minimum Gasteiger partial charge on any atom is -0.481 e. The van der Waals surface area contributed by atoms with Crippen molar-refractivity contribution in [3.63, 3.8) is 0 Å². The van der Waals surface area contributed by atoms with Crippen LogP contribution in [0.1, 0.15) is 44.1 Å². The van der Waals surface area contributed by atoms with Gasteiger partial charge in [-0.15, -0.1) is 0 Å². The van der Waals surface area contributed by atoms with Crippen LogP contribution in [0.2, 0.25) is 0 Å². The van der Waals surface area contributed by atoms with E-state index in [9.17, 15) is 9.90 Å². The number of carbonyl (C=O) groups is 1. The SMILES string of the molecule is CCn1nc(C)c(CNCC(CC(C)C)C(=O)O)c1C. The van der Waals surface area contributed by atoms with Crippen molar-refractivity contribution in [1.29, 1.82) is 0 Å². The third-order valence-corrected chi connectivity index (χ3v) is 3.63. The number of rotatable bonds is 8. The highest BCUT2D eigenvalue weighted by molar-refractivity contribution is 5.70. The highest BCUT2D eigenvalue weighted by atomic mass is 16.4. The first-order chi connectivity index (χ1) is 9.36. The molecule has 1 aromatic heterocycles. The van der Waals surface area contributed by atoms with E-state index >= 15 is 0 Å². The number of aryl methyl sites for hydroxylation is 2. The Morgan fingerprint density at radius 3 is 2.50 bits per heavy atom. The van der Waals surface area contributed by atoms with Gasteiger partial charge in [0.2, 0.25) is 0 Å². The number of hydrogen-bond acceptors (Lipinski definition) is 3. The smallest absolute Gasteiger partial charge is 0.307 e. The summed E-state index contributed by atoms with van der Waals surface area (Å²) in [6.07, 6.45) is 0.703. The van der Waals surface area contributed by atoms with Gasteiger partial charge in [-0.1, -0.05) is 13.8 Å². The Labute approximate surface area is 121 Å². The topological polar surface area (TPSA) is 67.2 Å². The first kappa shape index (κ1) is 16.7. The Bertz CT molecular complexity index is 452. The summed E-state index contributed by atoms with van der Waals surface area (Å²) in [5.74, 6) is -0.648. The lowest BCUT2D eigenvalue weighted by molar-refractivity contribution is -0.142. The molecule has 0 radical (unpaired) electrons. The van der Waals surface area contributed by atoms with E-state index in [2.05, 4.69) is 38.1 Å². The second-order valence-electron chi connectivity index (χ2n) is 5.76. The average Bonchev–Trinajstić information content (AvgIpc) is 2.63. The van der Waals surface area contributed by atoms with E-state index in [-0.39, 0.29) is 5.92 Å². The standard InChI is InChI=1S/C15H27N3O2/c1-6-18-12(5)14(11(4)17-18)9-16-8-13(15(19)20)7-10(2)3/h10,13,16H,6-9H2,1-5H3,(H,19,20). The maximum Gasteiger partial charge on any atom is 0.307 e. The van der Waals surface area contributed by atoms with Gasteiger partial charge in [-0.3, -0.25) is 9.48 Å². The first-order valence-electron chi connectivity index (χ1n) is 7.33. The van der Waals surface area contributed by atoms with Crippen molar-refractivity contribution < 1.29 is 9.90 Å². The molecule has 1 unspecified atom stereocenters. The molecular weight excluding hydrogens is 254 g/mol. The van der Waals surface area contributed by atoms with E-state index in [1.54, 1.807) is 0 Å². The molecule has 0 spiro atoms. The predicted molar refractivity (Wildman–Crippen MR) is 79.7 cm³/mol. The van der Waals surface area contributed by atoms with Crippen LogP contribution in [0.25, 0.3) is 0 Å². The van der Waals surface area contributed by atoms with Crippen LogP contribution in [0.15, 0.2) is 0 Å². The predicted octanol–water partition coefficient (Wildman–Crippen LogP) is 2.36. The molecule has 1 rings (SSSR count). The van der Waals surface area contributed by atoms with Crippen LogP contribution in [0, 0.1) is 25.7 Å². The van der Waals surface area contributed by atoms with E-state index in [0.29, 0.717) is 25.4 Å². The average molecular weight is 281 g/mol. The summed E-state index contributed by atoms with van der Waals surface area (Å²) in [6, 6.07) is 0. The lowest BCUT2D eigenvalue weighted by Gasteiger charge is -2.15. The number of carboxylic acids is 1. The maximum absolute atomic E-state index is 11.2. The number of nitrogens with zero attached hydrogens (tertiary/aromatic N) is 2. The van der Waals surface area contributed by atoms with Gasteiger partial charge in [0.15, 0.2) is 0 Å². The highest BCUT2D eigenvalue weighted by Gasteiger charge is 2.19. The normalized spacial score (nSPS) is 12.9. The van der Waals surface area contributed by atoms with Crippen LogP contribution in [-0.4, -0.2) is 27.4 Å². The molecule has 0 aromatic carbocycles. The van der Waals surface area contributed by atoms with Crippen molar-refractivity contribution in [2.24, 2.45) is 11.8 Å². The Hall–Kier alpha value is -1.36. The van der Waals surface area contributed by atoms with Gasteiger partial charge < -0.3 is 10.4 Å². The van der Waals surface area contributed by atoms with Crippen LogP contribution in [0.3, 0.4) is 0 Å². The largest absolute Gasteiger partial charge is 0.481 e. The number of aromatic nitrogens is 2. The third kappa shape index (κ3) is 4.34. The molecule has 0 aliphatic carbocycles. The van der Waals surface area contributed by atoms with Gasteiger partial charge in [-0.25, -0.2) is 0 Å².